The van der Waals surface area contributed by atoms with Gasteiger partial charge in [-0.2, -0.15) is 0 Å². The molecule has 0 bridgehead atoms. The van der Waals surface area contributed by atoms with E-state index in [4.69, 9.17) is 4.74 Å². The molecular weight excluding hydrogens is 341 g/mol. The summed E-state index contributed by atoms with van der Waals surface area (Å²) in [6.07, 6.45) is 1.11. The number of aromatic nitrogens is 1. The van der Waals surface area contributed by atoms with E-state index in [2.05, 4.69) is 15.9 Å². The van der Waals surface area contributed by atoms with Crippen molar-refractivity contribution in [3.8, 4) is 0 Å². The first kappa shape index (κ1) is 15.4. The molecule has 0 fully saturated rings. The molecule has 110 valence electrons. The Hall–Kier alpha value is -1.95. The highest BCUT2D eigenvalue weighted by Gasteiger charge is 2.17. The maximum Gasteiger partial charge on any atom is 0.355 e. The van der Waals surface area contributed by atoms with Gasteiger partial charge in [0.1, 0.15) is 11.5 Å². The summed E-state index contributed by atoms with van der Waals surface area (Å²) in [4.78, 5) is 23.9. The second kappa shape index (κ2) is 6.67. The molecule has 0 aliphatic carbocycles. The SMILES string of the molecule is CCOC(=O)c1cc(F)cn1CC(=O)c1ccc(Br)cc1. The highest BCUT2D eigenvalue weighted by molar-refractivity contribution is 9.10. The van der Waals surface area contributed by atoms with Gasteiger partial charge in [-0.05, 0) is 19.1 Å². The van der Waals surface area contributed by atoms with Crippen LogP contribution in [0.15, 0.2) is 41.0 Å². The Bertz CT molecular complexity index is 664. The molecule has 0 radical (unpaired) electrons. The summed E-state index contributed by atoms with van der Waals surface area (Å²) >= 11 is 3.29. The van der Waals surface area contributed by atoms with Crippen LogP contribution in [0, 0.1) is 5.82 Å². The lowest BCUT2D eigenvalue weighted by molar-refractivity contribution is 0.0514. The van der Waals surface area contributed by atoms with Crippen molar-refractivity contribution in [2.75, 3.05) is 6.61 Å². The molecule has 0 amide bonds. The molecule has 0 saturated carbocycles. The Labute approximate surface area is 129 Å². The molecule has 0 unspecified atom stereocenters. The van der Waals surface area contributed by atoms with Crippen molar-refractivity contribution >= 4 is 27.7 Å². The van der Waals surface area contributed by atoms with Crippen molar-refractivity contribution in [2.45, 2.75) is 13.5 Å². The first-order chi connectivity index (χ1) is 10.0. The van der Waals surface area contributed by atoms with E-state index in [0.29, 0.717) is 5.56 Å². The molecule has 1 aromatic carbocycles. The number of carbonyl (C=O) groups is 2. The van der Waals surface area contributed by atoms with E-state index in [9.17, 15) is 14.0 Å². The number of ether oxygens (including phenoxy) is 1. The molecule has 2 rings (SSSR count). The van der Waals surface area contributed by atoms with Gasteiger partial charge in [0.15, 0.2) is 5.78 Å². The third-order valence-electron chi connectivity index (χ3n) is 2.83. The zero-order valence-electron chi connectivity index (χ0n) is 11.3. The molecule has 6 heteroatoms. The van der Waals surface area contributed by atoms with Crippen LogP contribution in [0.5, 0.6) is 0 Å². The minimum absolute atomic E-state index is 0.0276. The quantitative estimate of drug-likeness (QED) is 0.610. The van der Waals surface area contributed by atoms with E-state index >= 15 is 0 Å². The van der Waals surface area contributed by atoms with Crippen LogP contribution in [-0.2, 0) is 11.3 Å². The Morgan fingerprint density at radius 1 is 1.29 bits per heavy atom. The first-order valence-electron chi connectivity index (χ1n) is 6.33. The second-order valence-electron chi connectivity index (χ2n) is 4.32. The lowest BCUT2D eigenvalue weighted by Gasteiger charge is -2.07. The zero-order valence-corrected chi connectivity index (χ0v) is 12.9. The second-order valence-corrected chi connectivity index (χ2v) is 5.24. The molecule has 0 saturated heterocycles. The number of Topliss-reactive ketones (excluding diaryl/α,β-unsaturated/α-hetero) is 1. The standard InChI is InChI=1S/C15H13BrFNO3/c1-2-21-15(20)13-7-12(17)8-18(13)9-14(19)10-3-5-11(16)6-4-10/h3-8H,2,9H2,1H3. The van der Waals surface area contributed by atoms with Crippen LogP contribution < -0.4 is 0 Å². The van der Waals surface area contributed by atoms with Gasteiger partial charge in [-0.1, -0.05) is 28.1 Å². The van der Waals surface area contributed by atoms with Gasteiger partial charge in [0.2, 0.25) is 0 Å². The van der Waals surface area contributed by atoms with Crippen LogP contribution in [0.3, 0.4) is 0 Å². The predicted octanol–water partition coefficient (Wildman–Crippen LogP) is 3.45. The Balaban J connectivity index is 2.21. The van der Waals surface area contributed by atoms with Gasteiger partial charge in [0.25, 0.3) is 0 Å². The summed E-state index contributed by atoms with van der Waals surface area (Å²) in [5.41, 5.74) is 0.516. The first-order valence-corrected chi connectivity index (χ1v) is 7.12. The van der Waals surface area contributed by atoms with Gasteiger partial charge in [0.05, 0.1) is 13.2 Å². The Kier molecular flexibility index (Phi) is 4.90. The summed E-state index contributed by atoms with van der Waals surface area (Å²) in [6, 6.07) is 7.88. The van der Waals surface area contributed by atoms with Crippen molar-refractivity contribution in [1.82, 2.24) is 4.57 Å². The van der Waals surface area contributed by atoms with Crippen LogP contribution in [-0.4, -0.2) is 22.9 Å². The maximum atomic E-state index is 13.3. The minimum atomic E-state index is -0.648. The smallest absolute Gasteiger partial charge is 0.355 e. The Morgan fingerprint density at radius 2 is 1.95 bits per heavy atom. The molecule has 21 heavy (non-hydrogen) atoms. The number of benzene rings is 1. The number of rotatable bonds is 5. The van der Waals surface area contributed by atoms with E-state index in [1.54, 1.807) is 31.2 Å². The molecular formula is C15H13BrFNO3. The third kappa shape index (κ3) is 3.78. The van der Waals surface area contributed by atoms with Crippen molar-refractivity contribution in [3.05, 3.63) is 58.1 Å². The molecule has 0 aliphatic heterocycles. The lowest BCUT2D eigenvalue weighted by atomic mass is 10.1. The number of hydrogen-bond acceptors (Lipinski definition) is 3. The van der Waals surface area contributed by atoms with Crippen molar-refractivity contribution in [1.29, 1.82) is 0 Å². The fourth-order valence-corrected chi connectivity index (χ4v) is 2.13. The molecule has 2 aromatic rings. The largest absolute Gasteiger partial charge is 0.461 e. The molecule has 0 atom stereocenters. The highest BCUT2D eigenvalue weighted by Crippen LogP contribution is 2.14. The van der Waals surface area contributed by atoms with Crippen molar-refractivity contribution in [3.63, 3.8) is 0 Å². The summed E-state index contributed by atoms with van der Waals surface area (Å²) in [6.45, 7) is 1.72. The number of ketones is 1. The van der Waals surface area contributed by atoms with Gasteiger partial charge in [-0.3, -0.25) is 4.79 Å². The predicted molar refractivity (Wildman–Crippen MR) is 78.8 cm³/mol. The van der Waals surface area contributed by atoms with E-state index in [-0.39, 0.29) is 24.6 Å². The molecule has 1 heterocycles. The molecule has 0 N–H and O–H groups in total. The topological polar surface area (TPSA) is 48.3 Å². The number of nitrogens with zero attached hydrogens (tertiary/aromatic N) is 1. The lowest BCUT2D eigenvalue weighted by Crippen LogP contribution is -2.16. The normalized spacial score (nSPS) is 10.4. The van der Waals surface area contributed by atoms with Gasteiger partial charge in [-0.15, -0.1) is 0 Å². The summed E-state index contributed by atoms with van der Waals surface area (Å²) in [7, 11) is 0. The van der Waals surface area contributed by atoms with Crippen molar-refractivity contribution < 1.29 is 18.7 Å². The molecule has 4 nitrogen and oxygen atoms in total. The van der Waals surface area contributed by atoms with E-state index < -0.39 is 11.8 Å². The fraction of sp³-hybridized carbons (Fsp3) is 0.200. The van der Waals surface area contributed by atoms with Gasteiger partial charge >= 0.3 is 5.97 Å². The monoisotopic (exact) mass is 353 g/mol. The number of esters is 1. The van der Waals surface area contributed by atoms with Crippen LogP contribution >= 0.6 is 15.9 Å². The van der Waals surface area contributed by atoms with Crippen molar-refractivity contribution in [2.24, 2.45) is 0 Å². The molecule has 0 aliphatic rings. The number of carbonyl (C=O) groups excluding carboxylic acids is 2. The third-order valence-corrected chi connectivity index (χ3v) is 3.36. The van der Waals surface area contributed by atoms with Crippen LogP contribution in [0.4, 0.5) is 4.39 Å². The maximum absolute atomic E-state index is 13.3. The van der Waals surface area contributed by atoms with Gasteiger partial charge in [0, 0.05) is 22.3 Å². The van der Waals surface area contributed by atoms with Crippen LogP contribution in [0.25, 0.3) is 0 Å². The molecule has 0 spiro atoms. The van der Waals surface area contributed by atoms with E-state index in [0.717, 1.165) is 16.7 Å². The number of hydrogen-bond donors (Lipinski definition) is 0. The average Bonchev–Trinajstić information content (AvgIpc) is 2.80. The van der Waals surface area contributed by atoms with Gasteiger partial charge in [-0.25, -0.2) is 9.18 Å². The van der Waals surface area contributed by atoms with E-state index in [1.165, 1.54) is 4.57 Å². The highest BCUT2D eigenvalue weighted by atomic mass is 79.9. The minimum Gasteiger partial charge on any atom is -0.461 e. The summed E-state index contributed by atoms with van der Waals surface area (Å²) in [5.74, 6) is -1.45. The Morgan fingerprint density at radius 3 is 2.57 bits per heavy atom. The van der Waals surface area contributed by atoms with E-state index in [1.807, 2.05) is 0 Å². The number of halogens is 2. The fourth-order valence-electron chi connectivity index (χ4n) is 1.86. The molecule has 1 aromatic heterocycles. The van der Waals surface area contributed by atoms with Gasteiger partial charge < -0.3 is 9.30 Å². The zero-order chi connectivity index (χ0) is 15.4. The summed E-state index contributed by atoms with van der Waals surface area (Å²) in [5, 5.41) is 0. The van der Waals surface area contributed by atoms with Crippen LogP contribution in [0.1, 0.15) is 27.8 Å². The summed E-state index contributed by atoms with van der Waals surface area (Å²) < 4.78 is 20.3. The van der Waals surface area contributed by atoms with Crippen LogP contribution in [0.2, 0.25) is 0 Å². The average molecular weight is 354 g/mol.